The van der Waals surface area contributed by atoms with Crippen molar-refractivity contribution in [3.63, 3.8) is 0 Å². The molecule has 177 valence electrons. The summed E-state index contributed by atoms with van der Waals surface area (Å²) in [4.78, 5) is 0. The Labute approximate surface area is 284 Å². The van der Waals surface area contributed by atoms with Crippen LogP contribution in [0.1, 0.15) is 26.7 Å². The quantitative estimate of drug-likeness (QED) is 0.272. The van der Waals surface area contributed by atoms with Crippen molar-refractivity contribution in [2.45, 2.75) is 26.7 Å². The maximum absolute atomic E-state index is 4.74. The molecule has 0 heterocycles. The Bertz CT molecular complexity index is 363. The van der Waals surface area contributed by atoms with Crippen LogP contribution in [-0.2, 0) is 119 Å². The van der Waals surface area contributed by atoms with Crippen molar-refractivity contribution in [1.82, 2.24) is 0 Å². The standard InChI is InChI=1S/3C6H4.2C3H7.C2H6N.3V.3W/c3*1-2-4-6-5-3-1;2*1-3-2;1-2-3;;;;;;/h3*1-2,5-6H;2*1,3H2,2H3;1-3H2;;;;;;/q3*-2;3*-1;3*+2;;;. The first-order chi connectivity index (χ1) is 13.2. The maximum atomic E-state index is 4.74. The Kier molecular flexibility index (Phi) is 126. The largest absolute Gasteiger partial charge is 2.00 e. The van der Waals surface area contributed by atoms with Crippen LogP contribution in [0.4, 0.5) is 0 Å². The Balaban J connectivity index is -0.0000000297. The second-order valence-electron chi connectivity index (χ2n) is 4.29. The first-order valence-corrected chi connectivity index (χ1v) is 8.79. The molecule has 0 saturated heterocycles. The average molecular weight is 1060 g/mol. The van der Waals surface area contributed by atoms with E-state index in [2.05, 4.69) is 57.2 Å². The number of rotatable bonds is 0. The molecule has 7 heteroatoms. The molecule has 3 rings (SSSR count). The van der Waals surface area contributed by atoms with Gasteiger partial charge in [-0.1, -0.05) is 13.8 Å². The summed E-state index contributed by atoms with van der Waals surface area (Å²) >= 11 is 0. The van der Waals surface area contributed by atoms with E-state index in [9.17, 15) is 0 Å². The second-order valence-corrected chi connectivity index (χ2v) is 4.29. The average Bonchev–Trinajstić information content (AvgIpc) is 2.75. The summed E-state index contributed by atoms with van der Waals surface area (Å²) in [5.41, 5.74) is 4.74. The smallest absolute Gasteiger partial charge is 0.360 e. The first kappa shape index (κ1) is 59.5. The molecule has 0 aliphatic rings. The summed E-state index contributed by atoms with van der Waals surface area (Å²) in [5, 5.41) is 0. The summed E-state index contributed by atoms with van der Waals surface area (Å²) in [6, 6.07) is 39.0. The van der Waals surface area contributed by atoms with Gasteiger partial charge >= 0.3 is 55.7 Å². The molecule has 0 amide bonds. The zero-order valence-corrected chi connectivity index (χ0v) is 32.3. The zero-order valence-electron chi connectivity index (χ0n) is 19.3. The molecule has 3 aromatic rings. The molecule has 2 N–H and O–H groups in total. The van der Waals surface area contributed by atoms with Gasteiger partial charge in [-0.05, 0) is 0 Å². The number of benzene rings is 3. The van der Waals surface area contributed by atoms with Crippen molar-refractivity contribution < 1.29 is 119 Å². The maximum Gasteiger partial charge on any atom is 2.00 e. The zero-order chi connectivity index (χ0) is 20.8. The fraction of sp³-hybridized carbons (Fsp3) is 0.192. The van der Waals surface area contributed by atoms with Crippen LogP contribution < -0.4 is 5.73 Å². The summed E-state index contributed by atoms with van der Waals surface area (Å²) in [6.07, 6.45) is 2.00. The molecule has 0 aliphatic carbocycles. The molecule has 0 aliphatic heterocycles. The molecular formula is C26H32NV3W3-3. The van der Waals surface area contributed by atoms with E-state index in [4.69, 9.17) is 5.73 Å². The van der Waals surface area contributed by atoms with Crippen LogP contribution in [0.15, 0.2) is 72.8 Å². The number of hydrogen-bond donors (Lipinski definition) is 1. The van der Waals surface area contributed by atoms with E-state index in [1.807, 2.05) is 86.6 Å². The van der Waals surface area contributed by atoms with E-state index < -0.39 is 0 Å². The predicted octanol–water partition coefficient (Wildman–Crippen LogP) is 6.09. The molecule has 1 nitrogen and oxygen atoms in total. The van der Waals surface area contributed by atoms with E-state index in [1.165, 1.54) is 0 Å². The van der Waals surface area contributed by atoms with E-state index in [0.717, 1.165) is 12.8 Å². The van der Waals surface area contributed by atoms with Crippen LogP contribution in [-0.4, -0.2) is 6.54 Å². The third kappa shape index (κ3) is 87.5. The van der Waals surface area contributed by atoms with Crippen molar-refractivity contribution in [3.8, 4) is 0 Å². The van der Waals surface area contributed by atoms with Crippen molar-refractivity contribution in [2.24, 2.45) is 5.73 Å². The van der Waals surface area contributed by atoms with Crippen LogP contribution in [0.5, 0.6) is 0 Å². The Morgan fingerprint density at radius 2 is 0.515 bits per heavy atom. The van der Waals surface area contributed by atoms with E-state index >= 15 is 0 Å². The van der Waals surface area contributed by atoms with Gasteiger partial charge in [0, 0.05) is 63.2 Å². The van der Waals surface area contributed by atoms with Gasteiger partial charge in [0.25, 0.3) is 0 Å². The van der Waals surface area contributed by atoms with Crippen LogP contribution in [0.25, 0.3) is 0 Å². The van der Waals surface area contributed by atoms with E-state index in [0.29, 0.717) is 6.54 Å². The van der Waals surface area contributed by atoms with Gasteiger partial charge in [-0.15, -0.1) is 6.54 Å². The topological polar surface area (TPSA) is 26.0 Å². The second kappa shape index (κ2) is 69.9. The fourth-order valence-corrected chi connectivity index (χ4v) is 0.911. The summed E-state index contributed by atoms with van der Waals surface area (Å²) < 4.78 is 0. The molecule has 0 aromatic heterocycles. The molecule has 33 heavy (non-hydrogen) atoms. The van der Waals surface area contributed by atoms with Gasteiger partial charge < -0.3 is 62.9 Å². The molecule has 0 saturated carbocycles. The molecule has 0 unspecified atom stereocenters. The van der Waals surface area contributed by atoms with Crippen molar-refractivity contribution >= 4 is 0 Å². The molecule has 3 aromatic carbocycles. The summed E-state index contributed by atoms with van der Waals surface area (Å²) in [7, 11) is 0. The summed E-state index contributed by atoms with van der Waals surface area (Å²) in [5.74, 6) is 0. The van der Waals surface area contributed by atoms with Gasteiger partial charge in [0.15, 0.2) is 0 Å². The van der Waals surface area contributed by atoms with Gasteiger partial charge in [0.05, 0.1) is 0 Å². The molecule has 0 spiro atoms. The molecule has 0 bridgehead atoms. The Morgan fingerprint density at radius 1 is 0.455 bits per heavy atom. The minimum absolute atomic E-state index is 0. The molecular weight excluding hydrogens is 1030 g/mol. The predicted molar refractivity (Wildman–Crippen MR) is 118 cm³/mol. The van der Waals surface area contributed by atoms with Crippen LogP contribution in [0.3, 0.4) is 0 Å². The van der Waals surface area contributed by atoms with E-state index in [1.54, 1.807) is 0 Å². The van der Waals surface area contributed by atoms with Gasteiger partial charge in [-0.2, -0.15) is 12.8 Å². The monoisotopic (exact) mass is 1060 g/mol. The normalized spacial score (nSPS) is 6.00. The van der Waals surface area contributed by atoms with Crippen molar-refractivity contribution in [3.05, 3.63) is 130 Å². The fourth-order valence-electron chi connectivity index (χ4n) is 0.911. The van der Waals surface area contributed by atoms with Crippen LogP contribution >= 0.6 is 0 Å². The third-order valence-corrected chi connectivity index (χ3v) is 1.65. The molecule has 0 atom stereocenters. The summed E-state index contributed by atoms with van der Waals surface area (Å²) in [6.45, 7) is 14.8. The first-order valence-electron chi connectivity index (χ1n) is 8.79. The minimum Gasteiger partial charge on any atom is -0.360 e. The van der Waals surface area contributed by atoms with Gasteiger partial charge in [-0.3, -0.25) is 72.8 Å². The van der Waals surface area contributed by atoms with Crippen LogP contribution in [0, 0.1) is 57.2 Å². The van der Waals surface area contributed by atoms with E-state index in [-0.39, 0.29) is 119 Å². The number of nitrogens with two attached hydrogens (primary N) is 1. The van der Waals surface area contributed by atoms with Crippen LogP contribution in [0.2, 0.25) is 0 Å². The van der Waals surface area contributed by atoms with Gasteiger partial charge in [0.1, 0.15) is 0 Å². The number of hydrogen-bond acceptors (Lipinski definition) is 1. The Hall–Kier alpha value is 1.44. The third-order valence-electron chi connectivity index (χ3n) is 1.65. The van der Waals surface area contributed by atoms with Crippen molar-refractivity contribution in [1.29, 1.82) is 0 Å². The van der Waals surface area contributed by atoms with Crippen molar-refractivity contribution in [2.75, 3.05) is 6.54 Å². The molecule has 0 fully saturated rings. The van der Waals surface area contributed by atoms with Gasteiger partial charge in [0.2, 0.25) is 0 Å². The molecule has 3 radical (unpaired) electrons. The SMILES string of the molecule is [CH2-]CC.[CH2-]CC.[CH2-]CN.[V+2].[V+2].[V+2].[W].[W].[W].[c-]1cc[c-]cc1.[c-]1cc[c-]cc1.[c-]1cc[c-]cc1. The minimum atomic E-state index is 0. The van der Waals surface area contributed by atoms with Gasteiger partial charge in [-0.25, -0.2) is 0 Å². The Morgan fingerprint density at radius 3 is 0.545 bits per heavy atom.